The second-order valence-corrected chi connectivity index (χ2v) is 5.55. The average molecular weight is 258 g/mol. The van der Waals surface area contributed by atoms with Crippen LogP contribution >= 0.6 is 0 Å². The van der Waals surface area contributed by atoms with Gasteiger partial charge in [0, 0.05) is 0 Å². The minimum atomic E-state index is -0.979. The monoisotopic (exact) mass is 258 g/mol. The summed E-state index contributed by atoms with van der Waals surface area (Å²) in [5.74, 6) is -0.562. The zero-order valence-corrected chi connectivity index (χ0v) is 12.0. The second-order valence-electron chi connectivity index (χ2n) is 5.55. The molecule has 0 aliphatic heterocycles. The third kappa shape index (κ3) is 7.27. The van der Waals surface area contributed by atoms with Crippen LogP contribution in [0.5, 0.6) is 0 Å². The van der Waals surface area contributed by atoms with Crippen LogP contribution < -0.4 is 10.6 Å². The molecule has 0 radical (unpaired) electrons. The number of hydrogen-bond acceptors (Lipinski definition) is 3. The molecule has 0 fully saturated rings. The summed E-state index contributed by atoms with van der Waals surface area (Å²) in [6, 6.07) is -1.18. The molecule has 18 heavy (non-hydrogen) atoms. The summed E-state index contributed by atoms with van der Waals surface area (Å²) in [6.45, 7) is 10.4. The molecule has 0 bridgehead atoms. The Balaban J connectivity index is 4.27. The first-order chi connectivity index (χ1) is 8.23. The van der Waals surface area contributed by atoms with Gasteiger partial charge >= 0.3 is 5.97 Å². The van der Waals surface area contributed by atoms with Crippen LogP contribution in [-0.2, 0) is 9.59 Å². The van der Waals surface area contributed by atoms with Crippen LogP contribution in [0.3, 0.4) is 0 Å². The number of carbonyl (C=O) groups excluding carboxylic acids is 1. The lowest BCUT2D eigenvalue weighted by Crippen LogP contribution is -2.49. The molecular weight excluding hydrogens is 232 g/mol. The van der Waals surface area contributed by atoms with Crippen molar-refractivity contribution >= 4 is 11.9 Å². The van der Waals surface area contributed by atoms with Crippen molar-refractivity contribution < 1.29 is 14.7 Å². The van der Waals surface area contributed by atoms with E-state index in [9.17, 15) is 9.59 Å². The first-order valence-electron chi connectivity index (χ1n) is 6.50. The number of rotatable bonds is 8. The lowest BCUT2D eigenvalue weighted by Gasteiger charge is -2.20. The number of carboxylic acid groups (broad SMARTS) is 1. The Morgan fingerprint density at radius 3 is 2.00 bits per heavy atom. The molecule has 0 aliphatic carbocycles. The number of amides is 1. The molecule has 0 aromatic rings. The summed E-state index contributed by atoms with van der Waals surface area (Å²) >= 11 is 0. The SMILES string of the molecule is CC(C)CN[C@@H](C)C(=O)N[C@@H](CC(C)C)C(=O)O. The van der Waals surface area contributed by atoms with E-state index >= 15 is 0 Å². The predicted octanol–water partition coefficient (Wildman–Crippen LogP) is 1.24. The van der Waals surface area contributed by atoms with E-state index in [4.69, 9.17) is 5.11 Å². The Kier molecular flexibility index (Phi) is 7.59. The highest BCUT2D eigenvalue weighted by atomic mass is 16.4. The van der Waals surface area contributed by atoms with Crippen molar-refractivity contribution in [3.8, 4) is 0 Å². The molecule has 0 saturated carbocycles. The summed E-state index contributed by atoms with van der Waals surface area (Å²) in [5.41, 5.74) is 0. The Bertz CT molecular complexity index is 277. The van der Waals surface area contributed by atoms with Gasteiger partial charge in [-0.2, -0.15) is 0 Å². The van der Waals surface area contributed by atoms with Crippen LogP contribution in [0, 0.1) is 11.8 Å². The van der Waals surface area contributed by atoms with Crippen molar-refractivity contribution in [2.45, 2.75) is 53.1 Å². The topological polar surface area (TPSA) is 78.4 Å². The van der Waals surface area contributed by atoms with Crippen LogP contribution in [0.25, 0.3) is 0 Å². The Morgan fingerprint density at radius 2 is 1.61 bits per heavy atom. The summed E-state index contributed by atoms with van der Waals surface area (Å²) in [5, 5.41) is 14.7. The zero-order valence-electron chi connectivity index (χ0n) is 12.0. The molecule has 0 aromatic carbocycles. The van der Waals surface area contributed by atoms with E-state index in [1.807, 2.05) is 13.8 Å². The quantitative estimate of drug-likeness (QED) is 0.612. The van der Waals surface area contributed by atoms with Crippen molar-refractivity contribution in [3.05, 3.63) is 0 Å². The van der Waals surface area contributed by atoms with E-state index in [2.05, 4.69) is 24.5 Å². The minimum Gasteiger partial charge on any atom is -0.480 e. The van der Waals surface area contributed by atoms with E-state index in [1.165, 1.54) is 0 Å². The summed E-state index contributed by atoms with van der Waals surface area (Å²) in [6.07, 6.45) is 0.442. The van der Waals surface area contributed by atoms with Gasteiger partial charge in [-0.25, -0.2) is 4.79 Å². The molecule has 0 unspecified atom stereocenters. The number of carboxylic acids is 1. The summed E-state index contributed by atoms with van der Waals surface area (Å²) in [4.78, 5) is 22.8. The molecule has 0 spiro atoms. The highest BCUT2D eigenvalue weighted by Gasteiger charge is 2.23. The van der Waals surface area contributed by atoms with Crippen molar-refractivity contribution in [1.29, 1.82) is 0 Å². The largest absolute Gasteiger partial charge is 0.480 e. The number of aliphatic carboxylic acids is 1. The van der Waals surface area contributed by atoms with Gasteiger partial charge in [0.05, 0.1) is 6.04 Å². The van der Waals surface area contributed by atoms with Crippen molar-refractivity contribution in [2.24, 2.45) is 11.8 Å². The molecule has 1 amide bonds. The summed E-state index contributed by atoms with van der Waals surface area (Å²) < 4.78 is 0. The smallest absolute Gasteiger partial charge is 0.326 e. The van der Waals surface area contributed by atoms with Gasteiger partial charge in [0.2, 0.25) is 5.91 Å². The van der Waals surface area contributed by atoms with Crippen molar-refractivity contribution in [3.63, 3.8) is 0 Å². The number of hydrogen-bond donors (Lipinski definition) is 3. The van der Waals surface area contributed by atoms with Gasteiger partial charge in [-0.3, -0.25) is 4.79 Å². The number of nitrogens with one attached hydrogen (secondary N) is 2. The fourth-order valence-corrected chi connectivity index (χ4v) is 1.49. The van der Waals surface area contributed by atoms with Crippen LogP contribution in [0.1, 0.15) is 41.0 Å². The molecule has 3 N–H and O–H groups in total. The third-order valence-electron chi connectivity index (χ3n) is 2.55. The van der Waals surface area contributed by atoms with Gasteiger partial charge in [0.15, 0.2) is 0 Å². The molecular formula is C13H26N2O3. The maximum atomic E-state index is 11.8. The fraction of sp³-hybridized carbons (Fsp3) is 0.846. The molecule has 106 valence electrons. The normalized spacial score (nSPS) is 14.6. The molecule has 0 rings (SSSR count). The Hall–Kier alpha value is -1.10. The van der Waals surface area contributed by atoms with Gasteiger partial charge in [-0.15, -0.1) is 0 Å². The van der Waals surface area contributed by atoms with E-state index in [1.54, 1.807) is 6.92 Å². The van der Waals surface area contributed by atoms with Gasteiger partial charge in [-0.05, 0) is 31.7 Å². The standard InChI is InChI=1S/C13H26N2O3/c1-8(2)6-11(13(17)18)15-12(16)10(5)14-7-9(3)4/h8-11,14H,6-7H2,1-5H3,(H,15,16)(H,17,18)/t10-,11-/m0/s1. The summed E-state index contributed by atoms with van der Waals surface area (Å²) in [7, 11) is 0. The highest BCUT2D eigenvalue weighted by Crippen LogP contribution is 2.05. The molecule has 2 atom stereocenters. The third-order valence-corrected chi connectivity index (χ3v) is 2.55. The van der Waals surface area contributed by atoms with Crippen molar-refractivity contribution in [2.75, 3.05) is 6.54 Å². The Labute approximate surface area is 109 Å². The number of carbonyl (C=O) groups is 2. The van der Waals surface area contributed by atoms with Crippen LogP contribution in [0.2, 0.25) is 0 Å². The highest BCUT2D eigenvalue weighted by molar-refractivity contribution is 5.86. The average Bonchev–Trinajstić information content (AvgIpc) is 2.23. The van der Waals surface area contributed by atoms with Gasteiger partial charge in [0.25, 0.3) is 0 Å². The zero-order chi connectivity index (χ0) is 14.3. The minimum absolute atomic E-state index is 0.227. The van der Waals surface area contributed by atoms with Crippen LogP contribution in [0.15, 0.2) is 0 Å². The fourth-order valence-electron chi connectivity index (χ4n) is 1.49. The molecule has 0 aromatic heterocycles. The maximum absolute atomic E-state index is 11.8. The van der Waals surface area contributed by atoms with Gasteiger partial charge in [0.1, 0.15) is 6.04 Å². The van der Waals surface area contributed by atoms with E-state index < -0.39 is 12.0 Å². The first-order valence-corrected chi connectivity index (χ1v) is 6.50. The maximum Gasteiger partial charge on any atom is 0.326 e. The molecule has 0 heterocycles. The van der Waals surface area contributed by atoms with Gasteiger partial charge < -0.3 is 15.7 Å². The lowest BCUT2D eigenvalue weighted by molar-refractivity contribution is -0.142. The Morgan fingerprint density at radius 1 is 1.06 bits per heavy atom. The second kappa shape index (κ2) is 8.08. The van der Waals surface area contributed by atoms with E-state index in [-0.39, 0.29) is 17.9 Å². The lowest BCUT2D eigenvalue weighted by atomic mass is 10.0. The van der Waals surface area contributed by atoms with Crippen LogP contribution in [0.4, 0.5) is 0 Å². The predicted molar refractivity (Wildman–Crippen MR) is 71.3 cm³/mol. The molecule has 0 aliphatic rings. The van der Waals surface area contributed by atoms with E-state index in [0.29, 0.717) is 12.3 Å². The molecule has 0 saturated heterocycles. The first kappa shape index (κ1) is 16.9. The molecule has 5 heteroatoms. The van der Waals surface area contributed by atoms with E-state index in [0.717, 1.165) is 6.54 Å². The molecule has 5 nitrogen and oxygen atoms in total. The van der Waals surface area contributed by atoms with Crippen LogP contribution in [-0.4, -0.2) is 35.6 Å². The van der Waals surface area contributed by atoms with Crippen molar-refractivity contribution in [1.82, 2.24) is 10.6 Å². The van der Waals surface area contributed by atoms with Gasteiger partial charge in [-0.1, -0.05) is 27.7 Å².